The van der Waals surface area contributed by atoms with E-state index in [9.17, 15) is 4.79 Å². The Kier molecular flexibility index (Phi) is 6.71. The molecule has 1 aromatic heterocycles. The second-order valence-corrected chi connectivity index (χ2v) is 10.5. The standard InChI is InChI=1S/C30H36N4O2/c1-32(2)30(26-9-5-4-6-10-26)17-15-29(16-18-30)23-33(21-24-11-13-27(36-3)14-12-24)28(35)34(29)22-25-8-7-19-31-20-25/h4-14,19-20H,15-18,21-23H2,1-3H3/t29-,30+. The molecule has 0 bridgehead atoms. The Morgan fingerprint density at radius 2 is 1.61 bits per heavy atom. The Labute approximate surface area is 214 Å². The van der Waals surface area contributed by atoms with E-state index in [1.807, 2.05) is 29.3 Å². The number of ether oxygens (including phenoxy) is 1. The third-order valence-corrected chi connectivity index (χ3v) is 8.33. The molecule has 2 aliphatic rings. The quantitative estimate of drug-likeness (QED) is 0.457. The van der Waals surface area contributed by atoms with Crippen molar-refractivity contribution in [1.82, 2.24) is 19.7 Å². The average molecular weight is 485 g/mol. The van der Waals surface area contributed by atoms with Crippen molar-refractivity contribution in [2.45, 2.75) is 49.9 Å². The van der Waals surface area contributed by atoms with E-state index in [0.29, 0.717) is 13.1 Å². The molecule has 0 N–H and O–H groups in total. The summed E-state index contributed by atoms with van der Waals surface area (Å²) >= 11 is 0. The molecule has 3 aromatic rings. The Morgan fingerprint density at radius 1 is 0.889 bits per heavy atom. The first kappa shape index (κ1) is 24.3. The van der Waals surface area contributed by atoms with Gasteiger partial charge in [0.1, 0.15) is 5.75 Å². The number of pyridine rings is 1. The molecule has 1 saturated carbocycles. The topological polar surface area (TPSA) is 48.9 Å². The maximum absolute atomic E-state index is 13.9. The molecule has 1 aliphatic heterocycles. The Bertz CT molecular complexity index is 1160. The summed E-state index contributed by atoms with van der Waals surface area (Å²) in [5.41, 5.74) is 3.35. The van der Waals surface area contributed by atoms with E-state index in [-0.39, 0.29) is 17.1 Å². The number of benzene rings is 2. The highest BCUT2D eigenvalue weighted by atomic mass is 16.5. The summed E-state index contributed by atoms with van der Waals surface area (Å²) < 4.78 is 5.31. The normalized spacial score (nSPS) is 24.1. The van der Waals surface area contributed by atoms with Gasteiger partial charge in [-0.3, -0.25) is 9.88 Å². The van der Waals surface area contributed by atoms with E-state index < -0.39 is 0 Å². The molecule has 2 aromatic carbocycles. The Hall–Kier alpha value is -3.38. The van der Waals surface area contributed by atoms with E-state index in [4.69, 9.17) is 4.74 Å². The summed E-state index contributed by atoms with van der Waals surface area (Å²) in [6.45, 7) is 1.94. The average Bonchev–Trinajstić information content (AvgIpc) is 3.16. The van der Waals surface area contributed by atoms with Gasteiger partial charge in [0.2, 0.25) is 0 Å². The monoisotopic (exact) mass is 484 g/mol. The highest BCUT2D eigenvalue weighted by Gasteiger charge is 2.54. The molecule has 6 nitrogen and oxygen atoms in total. The molecular formula is C30H36N4O2. The van der Waals surface area contributed by atoms with Crippen LogP contribution in [0.2, 0.25) is 0 Å². The van der Waals surface area contributed by atoms with Crippen LogP contribution in [-0.2, 0) is 18.6 Å². The number of amides is 2. The molecule has 0 unspecified atom stereocenters. The van der Waals surface area contributed by atoms with E-state index in [1.54, 1.807) is 13.3 Å². The van der Waals surface area contributed by atoms with Crippen LogP contribution in [0.3, 0.4) is 0 Å². The molecule has 1 spiro atoms. The summed E-state index contributed by atoms with van der Waals surface area (Å²) in [5, 5.41) is 0. The molecule has 6 heteroatoms. The van der Waals surface area contributed by atoms with E-state index in [0.717, 1.165) is 49.1 Å². The molecule has 188 valence electrons. The van der Waals surface area contributed by atoms with Crippen LogP contribution in [0, 0.1) is 0 Å². The fourth-order valence-corrected chi connectivity index (χ4v) is 6.17. The summed E-state index contributed by atoms with van der Waals surface area (Å²) in [5.74, 6) is 0.828. The lowest BCUT2D eigenvalue weighted by Crippen LogP contribution is -2.55. The summed E-state index contributed by atoms with van der Waals surface area (Å²) in [6.07, 6.45) is 7.61. The molecule has 1 aliphatic carbocycles. The highest BCUT2D eigenvalue weighted by molar-refractivity contribution is 5.78. The lowest BCUT2D eigenvalue weighted by Gasteiger charge is -2.51. The van der Waals surface area contributed by atoms with Gasteiger partial charge in [0.25, 0.3) is 0 Å². The maximum Gasteiger partial charge on any atom is 0.321 e. The number of aromatic nitrogens is 1. The van der Waals surface area contributed by atoms with Crippen molar-refractivity contribution in [1.29, 1.82) is 0 Å². The predicted molar refractivity (Wildman–Crippen MR) is 142 cm³/mol. The van der Waals surface area contributed by atoms with Crippen LogP contribution < -0.4 is 4.74 Å². The number of nitrogens with zero attached hydrogens (tertiary/aromatic N) is 4. The van der Waals surface area contributed by atoms with Crippen molar-refractivity contribution in [3.63, 3.8) is 0 Å². The number of methoxy groups -OCH3 is 1. The third-order valence-electron chi connectivity index (χ3n) is 8.33. The summed E-state index contributed by atoms with van der Waals surface area (Å²) in [4.78, 5) is 24.7. The lowest BCUT2D eigenvalue weighted by atomic mass is 9.68. The second-order valence-electron chi connectivity index (χ2n) is 10.5. The van der Waals surface area contributed by atoms with Crippen LogP contribution >= 0.6 is 0 Å². The van der Waals surface area contributed by atoms with Crippen molar-refractivity contribution in [3.05, 3.63) is 95.8 Å². The first-order valence-electron chi connectivity index (χ1n) is 12.8. The van der Waals surface area contributed by atoms with Crippen LogP contribution in [0.15, 0.2) is 79.1 Å². The highest BCUT2D eigenvalue weighted by Crippen LogP contribution is 2.49. The van der Waals surface area contributed by atoms with Gasteiger partial charge < -0.3 is 14.5 Å². The van der Waals surface area contributed by atoms with Crippen molar-refractivity contribution in [2.75, 3.05) is 27.7 Å². The van der Waals surface area contributed by atoms with Crippen LogP contribution in [0.1, 0.15) is 42.4 Å². The fourth-order valence-electron chi connectivity index (χ4n) is 6.17. The van der Waals surface area contributed by atoms with Gasteiger partial charge >= 0.3 is 6.03 Å². The third kappa shape index (κ3) is 4.46. The van der Waals surface area contributed by atoms with Crippen LogP contribution in [0.4, 0.5) is 4.79 Å². The molecule has 2 fully saturated rings. The van der Waals surface area contributed by atoms with Crippen molar-refractivity contribution in [2.24, 2.45) is 0 Å². The zero-order valence-electron chi connectivity index (χ0n) is 21.6. The van der Waals surface area contributed by atoms with Gasteiger partial charge in [0.05, 0.1) is 12.6 Å². The van der Waals surface area contributed by atoms with Gasteiger partial charge in [0.15, 0.2) is 0 Å². The minimum absolute atomic E-state index is 0.0149. The van der Waals surface area contributed by atoms with Gasteiger partial charge in [-0.2, -0.15) is 0 Å². The second kappa shape index (κ2) is 9.94. The van der Waals surface area contributed by atoms with Crippen LogP contribution in [0.25, 0.3) is 0 Å². The first-order valence-corrected chi connectivity index (χ1v) is 12.8. The zero-order valence-corrected chi connectivity index (χ0v) is 21.6. The molecule has 2 amide bonds. The molecule has 36 heavy (non-hydrogen) atoms. The Balaban J connectivity index is 1.43. The number of carbonyl (C=O) groups excluding carboxylic acids is 1. The fraction of sp³-hybridized carbons (Fsp3) is 0.400. The van der Waals surface area contributed by atoms with E-state index in [1.165, 1.54) is 5.56 Å². The van der Waals surface area contributed by atoms with E-state index >= 15 is 0 Å². The van der Waals surface area contributed by atoms with Gasteiger partial charge in [-0.15, -0.1) is 0 Å². The largest absolute Gasteiger partial charge is 0.497 e. The minimum Gasteiger partial charge on any atom is -0.497 e. The maximum atomic E-state index is 13.9. The molecule has 0 radical (unpaired) electrons. The van der Waals surface area contributed by atoms with Gasteiger partial charge in [0, 0.05) is 37.6 Å². The lowest BCUT2D eigenvalue weighted by molar-refractivity contribution is 0.0221. The zero-order chi connectivity index (χ0) is 25.2. The molecule has 0 atom stereocenters. The molecule has 2 heterocycles. The minimum atomic E-state index is -0.187. The smallest absolute Gasteiger partial charge is 0.321 e. The SMILES string of the molecule is COc1ccc(CN2C[C@]3(CC[C@](c4ccccc4)(N(C)C)CC3)N(Cc3cccnc3)C2=O)cc1. The van der Waals surface area contributed by atoms with Crippen LogP contribution in [-0.4, -0.2) is 59.0 Å². The van der Waals surface area contributed by atoms with Gasteiger partial charge in [-0.05, 0) is 74.7 Å². The number of urea groups is 1. The molecule has 5 rings (SSSR count). The van der Waals surface area contributed by atoms with E-state index in [2.05, 4.69) is 77.4 Å². The number of hydrogen-bond donors (Lipinski definition) is 0. The number of hydrogen-bond acceptors (Lipinski definition) is 4. The molecular weight excluding hydrogens is 448 g/mol. The van der Waals surface area contributed by atoms with Crippen molar-refractivity contribution in [3.8, 4) is 5.75 Å². The van der Waals surface area contributed by atoms with Crippen molar-refractivity contribution < 1.29 is 9.53 Å². The Morgan fingerprint density at radius 3 is 2.22 bits per heavy atom. The molecule has 1 saturated heterocycles. The van der Waals surface area contributed by atoms with Crippen molar-refractivity contribution >= 4 is 6.03 Å². The number of carbonyl (C=O) groups is 1. The van der Waals surface area contributed by atoms with Gasteiger partial charge in [-0.25, -0.2) is 4.79 Å². The van der Waals surface area contributed by atoms with Gasteiger partial charge in [-0.1, -0.05) is 48.5 Å². The summed E-state index contributed by atoms with van der Waals surface area (Å²) in [7, 11) is 6.05. The van der Waals surface area contributed by atoms with Crippen LogP contribution in [0.5, 0.6) is 5.75 Å². The first-order chi connectivity index (χ1) is 17.5. The summed E-state index contributed by atoms with van der Waals surface area (Å²) in [6, 6.07) is 23.0. The number of rotatable bonds is 7. The predicted octanol–water partition coefficient (Wildman–Crippen LogP) is 5.30.